The third-order valence-electron chi connectivity index (χ3n) is 4.18. The number of benzene rings is 1. The average molecular weight is 290 g/mol. The predicted molar refractivity (Wildman–Crippen MR) is 88.9 cm³/mol. The molecule has 3 nitrogen and oxygen atoms in total. The topological polar surface area (TPSA) is 24.5 Å². The van der Waals surface area contributed by atoms with E-state index in [1.165, 1.54) is 37.9 Å². The number of hydrogen-bond donors (Lipinski definition) is 1. The fourth-order valence-electron chi connectivity index (χ4n) is 2.83. The Morgan fingerprint density at radius 2 is 2.05 bits per heavy atom. The van der Waals surface area contributed by atoms with Crippen molar-refractivity contribution in [1.29, 1.82) is 0 Å². The lowest BCUT2D eigenvalue weighted by atomic mass is 10.1. The fraction of sp³-hybridized carbons (Fsp3) is 0.667. The molecule has 1 heterocycles. The Bertz CT molecular complexity index is 402. The molecule has 3 heteroatoms. The first-order chi connectivity index (χ1) is 10.3. The van der Waals surface area contributed by atoms with Crippen molar-refractivity contribution in [3.63, 3.8) is 0 Å². The normalized spacial score (nSPS) is 17.6. The molecule has 0 amide bonds. The van der Waals surface area contributed by atoms with E-state index in [-0.39, 0.29) is 0 Å². The molecule has 0 aromatic heterocycles. The van der Waals surface area contributed by atoms with Gasteiger partial charge in [-0.15, -0.1) is 0 Å². The van der Waals surface area contributed by atoms with Crippen LogP contribution in [0.3, 0.4) is 0 Å². The summed E-state index contributed by atoms with van der Waals surface area (Å²) in [5.41, 5.74) is 1.30. The molecule has 1 unspecified atom stereocenters. The van der Waals surface area contributed by atoms with Gasteiger partial charge in [0.25, 0.3) is 0 Å². The van der Waals surface area contributed by atoms with Gasteiger partial charge in [-0.25, -0.2) is 0 Å². The lowest BCUT2D eigenvalue weighted by Gasteiger charge is -2.26. The molecule has 0 aliphatic carbocycles. The smallest absolute Gasteiger partial charge is 0.119 e. The van der Waals surface area contributed by atoms with Crippen molar-refractivity contribution >= 4 is 0 Å². The van der Waals surface area contributed by atoms with Gasteiger partial charge in [0.1, 0.15) is 12.4 Å². The van der Waals surface area contributed by atoms with E-state index in [1.807, 2.05) is 0 Å². The lowest BCUT2D eigenvalue weighted by molar-refractivity contribution is 0.183. The van der Waals surface area contributed by atoms with Crippen molar-refractivity contribution in [3.8, 4) is 5.75 Å². The summed E-state index contributed by atoms with van der Waals surface area (Å²) < 4.78 is 5.93. The summed E-state index contributed by atoms with van der Waals surface area (Å²) in [6, 6.07) is 8.88. The molecule has 1 fully saturated rings. The van der Waals surface area contributed by atoms with E-state index in [0.717, 1.165) is 31.9 Å². The average Bonchev–Trinajstić information content (AvgIpc) is 2.54. The molecule has 1 aromatic carbocycles. The van der Waals surface area contributed by atoms with Gasteiger partial charge in [0.15, 0.2) is 0 Å². The van der Waals surface area contributed by atoms with Crippen molar-refractivity contribution in [2.24, 2.45) is 0 Å². The molecule has 1 N–H and O–H groups in total. The van der Waals surface area contributed by atoms with Crippen LogP contribution in [0, 0.1) is 0 Å². The van der Waals surface area contributed by atoms with Crippen LogP contribution in [0.1, 0.15) is 51.1 Å². The Labute approximate surface area is 129 Å². The van der Waals surface area contributed by atoms with Crippen molar-refractivity contribution in [2.75, 3.05) is 32.8 Å². The standard InChI is InChI=1S/C18H30N2O/c1-3-10-19-16(2)17-8-7-9-18(15-17)21-14-13-20-11-5-4-6-12-20/h7-9,15-16,19H,3-6,10-14H2,1-2H3. The maximum absolute atomic E-state index is 5.93. The first kappa shape index (κ1) is 16.3. The quantitative estimate of drug-likeness (QED) is 0.791. The minimum absolute atomic E-state index is 0.385. The SMILES string of the molecule is CCCNC(C)c1cccc(OCCN2CCCCC2)c1. The summed E-state index contributed by atoms with van der Waals surface area (Å²) in [7, 11) is 0. The molecular formula is C18H30N2O. The molecule has 1 aliphatic heterocycles. The number of hydrogen-bond acceptors (Lipinski definition) is 3. The highest BCUT2D eigenvalue weighted by Gasteiger charge is 2.10. The molecule has 0 spiro atoms. The molecule has 21 heavy (non-hydrogen) atoms. The van der Waals surface area contributed by atoms with Crippen molar-refractivity contribution in [1.82, 2.24) is 10.2 Å². The number of ether oxygens (including phenoxy) is 1. The number of likely N-dealkylation sites (tertiary alicyclic amines) is 1. The highest BCUT2D eigenvalue weighted by atomic mass is 16.5. The Morgan fingerprint density at radius 1 is 1.24 bits per heavy atom. The van der Waals surface area contributed by atoms with Crippen molar-refractivity contribution in [2.45, 2.75) is 45.6 Å². The van der Waals surface area contributed by atoms with Crippen LogP contribution in [0.25, 0.3) is 0 Å². The Hall–Kier alpha value is -1.06. The van der Waals surface area contributed by atoms with Gasteiger partial charge < -0.3 is 10.1 Å². The summed E-state index contributed by atoms with van der Waals surface area (Å²) in [5, 5.41) is 3.52. The zero-order valence-electron chi connectivity index (χ0n) is 13.6. The zero-order chi connectivity index (χ0) is 14.9. The summed E-state index contributed by atoms with van der Waals surface area (Å²) in [5.74, 6) is 0.995. The first-order valence-corrected chi connectivity index (χ1v) is 8.48. The summed E-state index contributed by atoms with van der Waals surface area (Å²) >= 11 is 0. The lowest BCUT2D eigenvalue weighted by Crippen LogP contribution is -2.33. The van der Waals surface area contributed by atoms with E-state index in [9.17, 15) is 0 Å². The van der Waals surface area contributed by atoms with Gasteiger partial charge in [0, 0.05) is 12.6 Å². The molecule has 0 saturated carbocycles. The highest BCUT2D eigenvalue weighted by molar-refractivity contribution is 5.30. The van der Waals surface area contributed by atoms with Gasteiger partial charge in [-0.3, -0.25) is 4.90 Å². The Balaban J connectivity index is 1.77. The number of rotatable bonds is 8. The van der Waals surface area contributed by atoms with E-state index in [0.29, 0.717) is 6.04 Å². The van der Waals surface area contributed by atoms with E-state index < -0.39 is 0 Å². The molecular weight excluding hydrogens is 260 g/mol. The van der Waals surface area contributed by atoms with E-state index in [1.54, 1.807) is 0 Å². The highest BCUT2D eigenvalue weighted by Crippen LogP contribution is 2.19. The first-order valence-electron chi connectivity index (χ1n) is 8.48. The Kier molecular flexibility index (Phi) is 7.04. The van der Waals surface area contributed by atoms with Crippen molar-refractivity contribution < 1.29 is 4.74 Å². The summed E-state index contributed by atoms with van der Waals surface area (Å²) in [6.45, 7) is 9.78. The van der Waals surface area contributed by atoms with E-state index >= 15 is 0 Å². The number of piperidine rings is 1. The van der Waals surface area contributed by atoms with Gasteiger partial charge in [-0.1, -0.05) is 25.5 Å². The largest absolute Gasteiger partial charge is 0.492 e. The second kappa shape index (κ2) is 9.06. The molecule has 1 aliphatic rings. The number of nitrogens with zero attached hydrogens (tertiary/aromatic N) is 1. The molecule has 0 radical (unpaired) electrons. The summed E-state index contributed by atoms with van der Waals surface area (Å²) in [4.78, 5) is 2.51. The number of nitrogens with one attached hydrogen (secondary N) is 1. The Morgan fingerprint density at radius 3 is 2.81 bits per heavy atom. The van der Waals surface area contributed by atoms with Crippen LogP contribution in [0.2, 0.25) is 0 Å². The maximum atomic E-state index is 5.93. The van der Waals surface area contributed by atoms with E-state index in [2.05, 4.69) is 48.3 Å². The van der Waals surface area contributed by atoms with Crippen LogP contribution in [0.5, 0.6) is 5.75 Å². The third kappa shape index (κ3) is 5.68. The van der Waals surface area contributed by atoms with Gasteiger partial charge >= 0.3 is 0 Å². The minimum Gasteiger partial charge on any atom is -0.492 e. The van der Waals surface area contributed by atoms with Crippen LogP contribution in [-0.4, -0.2) is 37.7 Å². The van der Waals surface area contributed by atoms with Gasteiger partial charge in [0.2, 0.25) is 0 Å². The second-order valence-electron chi connectivity index (χ2n) is 6.00. The fourth-order valence-corrected chi connectivity index (χ4v) is 2.83. The third-order valence-corrected chi connectivity index (χ3v) is 4.18. The summed E-state index contributed by atoms with van der Waals surface area (Å²) in [6.07, 6.45) is 5.24. The van der Waals surface area contributed by atoms with Crippen molar-refractivity contribution in [3.05, 3.63) is 29.8 Å². The maximum Gasteiger partial charge on any atom is 0.119 e. The van der Waals surface area contributed by atoms with E-state index in [4.69, 9.17) is 4.74 Å². The zero-order valence-corrected chi connectivity index (χ0v) is 13.6. The molecule has 1 saturated heterocycles. The molecule has 118 valence electrons. The minimum atomic E-state index is 0.385. The molecule has 1 atom stereocenters. The predicted octanol–water partition coefficient (Wildman–Crippen LogP) is 3.61. The molecule has 0 bridgehead atoms. The van der Waals surface area contributed by atoms with Crippen LogP contribution >= 0.6 is 0 Å². The second-order valence-corrected chi connectivity index (χ2v) is 6.00. The molecule has 1 aromatic rings. The van der Waals surface area contributed by atoms with Gasteiger partial charge in [0.05, 0.1) is 0 Å². The monoisotopic (exact) mass is 290 g/mol. The van der Waals surface area contributed by atoms with Gasteiger partial charge in [-0.05, 0) is 63.5 Å². The van der Waals surface area contributed by atoms with Crippen LogP contribution in [0.15, 0.2) is 24.3 Å². The molecule has 2 rings (SSSR count). The van der Waals surface area contributed by atoms with Crippen LogP contribution in [0.4, 0.5) is 0 Å². The van der Waals surface area contributed by atoms with Crippen LogP contribution < -0.4 is 10.1 Å². The van der Waals surface area contributed by atoms with Gasteiger partial charge in [-0.2, -0.15) is 0 Å². The van der Waals surface area contributed by atoms with Crippen LogP contribution in [-0.2, 0) is 0 Å².